The molecular formula is C28H29N3O5. The van der Waals surface area contributed by atoms with Crippen molar-refractivity contribution in [2.45, 2.75) is 45.6 Å². The molecule has 0 bridgehead atoms. The molecule has 1 N–H and O–H groups in total. The van der Waals surface area contributed by atoms with Gasteiger partial charge in [0.2, 0.25) is 6.79 Å². The van der Waals surface area contributed by atoms with Crippen LogP contribution < -0.4 is 14.8 Å². The largest absolute Gasteiger partial charge is 0.454 e. The van der Waals surface area contributed by atoms with Gasteiger partial charge in [0.25, 0.3) is 5.91 Å². The van der Waals surface area contributed by atoms with Crippen molar-refractivity contribution < 1.29 is 23.9 Å². The van der Waals surface area contributed by atoms with E-state index in [4.69, 9.17) is 9.47 Å². The van der Waals surface area contributed by atoms with Crippen LogP contribution in [0.15, 0.2) is 54.6 Å². The minimum Gasteiger partial charge on any atom is -0.454 e. The Bertz CT molecular complexity index is 1350. The lowest BCUT2D eigenvalue weighted by Crippen LogP contribution is -2.44. The summed E-state index contributed by atoms with van der Waals surface area (Å²) in [4.78, 5) is 41.1. The average molecular weight is 488 g/mol. The second-order valence-corrected chi connectivity index (χ2v) is 9.28. The first kappa shape index (κ1) is 23.7. The number of amides is 3. The average Bonchev–Trinajstić information content (AvgIpc) is 3.54. The van der Waals surface area contributed by atoms with Gasteiger partial charge in [-0.1, -0.05) is 50.1 Å². The lowest BCUT2D eigenvalue weighted by Gasteiger charge is -2.27. The third kappa shape index (κ3) is 3.82. The van der Waals surface area contributed by atoms with Crippen LogP contribution >= 0.6 is 0 Å². The minimum atomic E-state index is -1.15. The molecule has 1 atom stereocenters. The number of ketones is 1. The highest BCUT2D eigenvalue weighted by molar-refractivity contribution is 6.11. The van der Waals surface area contributed by atoms with Crippen LogP contribution in [-0.4, -0.2) is 40.5 Å². The van der Waals surface area contributed by atoms with E-state index in [-0.39, 0.29) is 25.0 Å². The first-order valence-electron chi connectivity index (χ1n) is 12.2. The molecule has 8 nitrogen and oxygen atoms in total. The second-order valence-electron chi connectivity index (χ2n) is 9.28. The quantitative estimate of drug-likeness (QED) is 0.369. The SMILES string of the molecule is CCCCC1(c2ccccc2)NC(=O)N(CC(=O)c2cc(C)n(-c3ccc4c(c3)OCO4)c2C)C1=O. The molecule has 0 radical (unpaired) electrons. The number of fused-ring (bicyclic) bond motifs is 1. The number of ether oxygens (including phenoxy) is 2. The molecule has 8 heteroatoms. The van der Waals surface area contributed by atoms with Crippen LogP contribution in [0.25, 0.3) is 5.69 Å². The molecule has 5 rings (SSSR count). The summed E-state index contributed by atoms with van der Waals surface area (Å²) in [5.74, 6) is 0.653. The zero-order valence-corrected chi connectivity index (χ0v) is 20.7. The molecule has 3 aromatic rings. The highest BCUT2D eigenvalue weighted by Crippen LogP contribution is 2.36. The number of urea groups is 1. The lowest BCUT2D eigenvalue weighted by molar-refractivity contribution is -0.131. The van der Waals surface area contributed by atoms with Crippen LogP contribution in [0, 0.1) is 13.8 Å². The number of rotatable bonds is 8. The van der Waals surface area contributed by atoms with Gasteiger partial charge in [-0.25, -0.2) is 4.79 Å². The molecule has 3 heterocycles. The van der Waals surface area contributed by atoms with Crippen molar-refractivity contribution in [2.24, 2.45) is 0 Å². The third-order valence-electron chi connectivity index (χ3n) is 7.00. The first-order chi connectivity index (χ1) is 17.4. The highest BCUT2D eigenvalue weighted by Gasteiger charge is 2.52. The zero-order chi connectivity index (χ0) is 25.4. The van der Waals surface area contributed by atoms with Gasteiger partial charge in [-0.15, -0.1) is 0 Å². The fourth-order valence-corrected chi connectivity index (χ4v) is 5.14. The number of benzene rings is 2. The van der Waals surface area contributed by atoms with Crippen LogP contribution in [0.4, 0.5) is 4.79 Å². The van der Waals surface area contributed by atoms with Gasteiger partial charge in [0, 0.05) is 28.7 Å². The smallest absolute Gasteiger partial charge is 0.325 e. The summed E-state index contributed by atoms with van der Waals surface area (Å²) in [6.07, 6.45) is 2.11. The summed E-state index contributed by atoms with van der Waals surface area (Å²) < 4.78 is 12.9. The van der Waals surface area contributed by atoms with E-state index < -0.39 is 11.6 Å². The van der Waals surface area contributed by atoms with Crippen molar-refractivity contribution in [3.05, 3.63) is 77.1 Å². The molecule has 36 heavy (non-hydrogen) atoms. The number of nitrogens with one attached hydrogen (secondary N) is 1. The fourth-order valence-electron chi connectivity index (χ4n) is 5.14. The van der Waals surface area contributed by atoms with Crippen LogP contribution in [-0.2, 0) is 10.3 Å². The molecular weight excluding hydrogens is 458 g/mol. The van der Waals surface area contributed by atoms with Crippen LogP contribution in [0.1, 0.15) is 53.5 Å². The van der Waals surface area contributed by atoms with Crippen LogP contribution in [0.3, 0.4) is 0 Å². The maximum atomic E-state index is 13.7. The van der Waals surface area contributed by atoms with Gasteiger partial charge in [-0.05, 0) is 44.0 Å². The maximum Gasteiger partial charge on any atom is 0.325 e. The molecule has 1 aromatic heterocycles. The van der Waals surface area contributed by atoms with Gasteiger partial charge in [-0.2, -0.15) is 0 Å². The number of aryl methyl sites for hydroxylation is 1. The topological polar surface area (TPSA) is 89.9 Å². The number of imide groups is 1. The Morgan fingerprint density at radius 2 is 1.78 bits per heavy atom. The summed E-state index contributed by atoms with van der Waals surface area (Å²) in [5.41, 5.74) is 2.46. The molecule has 0 aliphatic carbocycles. The normalized spacial score (nSPS) is 18.6. The standard InChI is InChI=1S/C28H29N3O5/c1-4-5-13-28(20-9-7-6-8-10-20)26(33)30(27(34)29-28)16-23(32)22-14-18(2)31(19(22)3)21-11-12-24-25(15-21)36-17-35-24/h6-12,14-15H,4-5,13,16-17H2,1-3H3,(H,29,34). The zero-order valence-electron chi connectivity index (χ0n) is 20.7. The van der Waals surface area contributed by atoms with Gasteiger partial charge < -0.3 is 19.4 Å². The molecule has 2 aliphatic heterocycles. The molecule has 0 saturated carbocycles. The van der Waals surface area contributed by atoms with E-state index >= 15 is 0 Å². The predicted molar refractivity (Wildman–Crippen MR) is 134 cm³/mol. The number of hydrogen-bond acceptors (Lipinski definition) is 5. The Kier molecular flexibility index (Phi) is 6.04. The number of unbranched alkanes of at least 4 members (excludes halogenated alkanes) is 1. The van der Waals surface area contributed by atoms with E-state index in [1.165, 1.54) is 0 Å². The Morgan fingerprint density at radius 1 is 1.03 bits per heavy atom. The Labute approximate surface area is 209 Å². The minimum absolute atomic E-state index is 0.181. The number of hydrogen-bond donors (Lipinski definition) is 1. The van der Waals surface area contributed by atoms with Crippen molar-refractivity contribution in [2.75, 3.05) is 13.3 Å². The number of carbonyl (C=O) groups excluding carboxylic acids is 3. The van der Waals surface area contributed by atoms with Gasteiger partial charge in [0.15, 0.2) is 17.3 Å². The Morgan fingerprint density at radius 3 is 2.53 bits per heavy atom. The van der Waals surface area contributed by atoms with Crippen molar-refractivity contribution in [1.29, 1.82) is 0 Å². The van der Waals surface area contributed by atoms with Crippen LogP contribution in [0.2, 0.25) is 0 Å². The number of carbonyl (C=O) groups is 3. The van der Waals surface area contributed by atoms with E-state index in [0.29, 0.717) is 23.5 Å². The van der Waals surface area contributed by atoms with E-state index in [2.05, 4.69) is 5.32 Å². The number of aromatic nitrogens is 1. The van der Waals surface area contributed by atoms with E-state index in [1.54, 1.807) is 6.07 Å². The number of nitrogens with zero attached hydrogens (tertiary/aromatic N) is 2. The van der Waals surface area contributed by atoms with E-state index in [0.717, 1.165) is 40.4 Å². The van der Waals surface area contributed by atoms with Gasteiger partial charge in [-0.3, -0.25) is 14.5 Å². The summed E-state index contributed by atoms with van der Waals surface area (Å²) in [6.45, 7) is 5.66. The summed E-state index contributed by atoms with van der Waals surface area (Å²) in [5, 5.41) is 2.91. The van der Waals surface area contributed by atoms with Crippen LogP contribution in [0.5, 0.6) is 11.5 Å². The Balaban J connectivity index is 1.42. The second kappa shape index (κ2) is 9.18. The maximum absolute atomic E-state index is 13.7. The predicted octanol–water partition coefficient (Wildman–Crippen LogP) is 4.64. The summed E-state index contributed by atoms with van der Waals surface area (Å²) in [6, 6.07) is 16.1. The van der Waals surface area contributed by atoms with E-state index in [9.17, 15) is 14.4 Å². The van der Waals surface area contributed by atoms with Gasteiger partial charge >= 0.3 is 6.03 Å². The number of Topliss-reactive ketones (excluding diaryl/α,β-unsaturated/α-hetero) is 1. The molecule has 0 spiro atoms. The van der Waals surface area contributed by atoms with Gasteiger partial charge in [0.1, 0.15) is 5.54 Å². The molecule has 1 fully saturated rings. The fraction of sp³-hybridized carbons (Fsp3) is 0.321. The first-order valence-corrected chi connectivity index (χ1v) is 12.2. The highest BCUT2D eigenvalue weighted by atomic mass is 16.7. The molecule has 1 saturated heterocycles. The van der Waals surface area contributed by atoms with Crippen molar-refractivity contribution in [1.82, 2.24) is 14.8 Å². The molecule has 2 aliphatic rings. The van der Waals surface area contributed by atoms with E-state index in [1.807, 2.05) is 73.9 Å². The molecule has 3 amide bonds. The third-order valence-corrected chi connectivity index (χ3v) is 7.00. The molecule has 2 aromatic carbocycles. The van der Waals surface area contributed by atoms with Crippen molar-refractivity contribution in [3.63, 3.8) is 0 Å². The molecule has 186 valence electrons. The summed E-state index contributed by atoms with van der Waals surface area (Å²) in [7, 11) is 0. The lowest BCUT2D eigenvalue weighted by atomic mass is 9.85. The Hall–Kier alpha value is -4.07. The van der Waals surface area contributed by atoms with Gasteiger partial charge in [0.05, 0.1) is 6.54 Å². The summed E-state index contributed by atoms with van der Waals surface area (Å²) >= 11 is 0. The van der Waals surface area contributed by atoms with Crippen molar-refractivity contribution in [3.8, 4) is 17.2 Å². The van der Waals surface area contributed by atoms with Crippen molar-refractivity contribution >= 4 is 17.7 Å². The molecule has 1 unspecified atom stereocenters. The monoisotopic (exact) mass is 487 g/mol.